The number of aryl methyl sites for hydroxylation is 2. The summed E-state index contributed by atoms with van der Waals surface area (Å²) in [5.74, 6) is 0.0981. The first-order chi connectivity index (χ1) is 12.0. The van der Waals surface area contributed by atoms with Crippen LogP contribution in [0.3, 0.4) is 0 Å². The fraction of sp³-hybridized carbons (Fsp3) is 0.550. The second-order valence-corrected chi connectivity index (χ2v) is 7.98. The van der Waals surface area contributed by atoms with E-state index in [1.807, 2.05) is 13.8 Å². The van der Waals surface area contributed by atoms with Gasteiger partial charge in [0.25, 0.3) is 0 Å². The van der Waals surface area contributed by atoms with E-state index in [4.69, 9.17) is 4.84 Å². The largest absolute Gasteiger partial charge is 0.396 e. The van der Waals surface area contributed by atoms with Crippen molar-refractivity contribution in [3.8, 4) is 0 Å². The van der Waals surface area contributed by atoms with E-state index in [1.54, 1.807) is 11.8 Å². The van der Waals surface area contributed by atoms with Crippen LogP contribution in [0, 0.1) is 19.8 Å². The number of Topliss-reactive ketones (excluding diaryl/α,β-unsaturated/α-hetero) is 2. The number of ketones is 2. The molecule has 3 rings (SSSR count). The highest BCUT2D eigenvalue weighted by Gasteiger charge is 2.48. The number of hydrogen-bond acceptors (Lipinski definition) is 5. The Balaban J connectivity index is 1.96. The fourth-order valence-corrected chi connectivity index (χ4v) is 5.49. The molecule has 1 aliphatic carbocycles. The van der Waals surface area contributed by atoms with E-state index >= 15 is 0 Å². The van der Waals surface area contributed by atoms with Gasteiger partial charge in [0.05, 0.1) is 11.0 Å². The Labute approximate surface area is 153 Å². The topological polar surface area (TPSA) is 55.7 Å². The number of carbonyl (C=O) groups excluding carboxylic acids is 2. The van der Waals surface area contributed by atoms with Gasteiger partial charge in [-0.15, -0.1) is 11.8 Å². The first-order valence-electron chi connectivity index (χ1n) is 8.94. The maximum Gasteiger partial charge on any atom is 0.162 e. The van der Waals surface area contributed by atoms with Crippen molar-refractivity contribution in [1.29, 1.82) is 0 Å². The Morgan fingerprint density at radius 2 is 2.04 bits per heavy atom. The Hall–Kier alpha value is -1.62. The highest BCUT2D eigenvalue weighted by Crippen LogP contribution is 2.47. The van der Waals surface area contributed by atoms with Gasteiger partial charge in [0, 0.05) is 18.1 Å². The molecule has 0 aromatic heterocycles. The van der Waals surface area contributed by atoms with E-state index in [9.17, 15) is 9.59 Å². The van der Waals surface area contributed by atoms with Crippen LogP contribution in [-0.2, 0) is 20.2 Å². The second-order valence-electron chi connectivity index (χ2n) is 6.85. The van der Waals surface area contributed by atoms with Crippen LogP contribution in [0.25, 0.3) is 0 Å². The molecule has 0 amide bonds. The van der Waals surface area contributed by atoms with Crippen LogP contribution in [-0.4, -0.2) is 29.1 Å². The molecule has 0 N–H and O–H groups in total. The molecule has 0 saturated heterocycles. The Morgan fingerprint density at radius 1 is 1.28 bits per heavy atom. The molecular weight excluding hydrogens is 334 g/mol. The molecule has 1 heterocycles. The zero-order valence-corrected chi connectivity index (χ0v) is 16.1. The van der Waals surface area contributed by atoms with Crippen LogP contribution < -0.4 is 0 Å². The lowest BCUT2D eigenvalue weighted by atomic mass is 9.72. The molecule has 2 aliphatic rings. The number of thioether (sulfide) groups is 1. The number of hydrogen-bond donors (Lipinski definition) is 0. The standard InChI is InChI=1S/C20H25NO3S/c1-5-15(21-24-6-2)18-16(22)9-14-17-12(4)7-11(3)8-13(17)10-25-20(14)19(18)23/h7-8,14,18,20H,5-6,9-10H2,1-4H3. The summed E-state index contributed by atoms with van der Waals surface area (Å²) in [7, 11) is 0. The van der Waals surface area contributed by atoms with Crippen molar-refractivity contribution in [3.63, 3.8) is 0 Å². The lowest BCUT2D eigenvalue weighted by Crippen LogP contribution is -2.47. The summed E-state index contributed by atoms with van der Waals surface area (Å²) < 4.78 is 0. The van der Waals surface area contributed by atoms with Crippen LogP contribution in [0.2, 0.25) is 0 Å². The minimum absolute atomic E-state index is 0.00389. The number of oxime groups is 1. The van der Waals surface area contributed by atoms with Crippen molar-refractivity contribution in [2.45, 2.75) is 57.5 Å². The molecule has 134 valence electrons. The first kappa shape index (κ1) is 18.2. The van der Waals surface area contributed by atoms with E-state index in [1.165, 1.54) is 22.3 Å². The molecule has 1 aliphatic heterocycles. The van der Waals surface area contributed by atoms with Gasteiger partial charge in [-0.3, -0.25) is 9.59 Å². The number of fused-ring (bicyclic) bond motifs is 3. The minimum Gasteiger partial charge on any atom is -0.396 e. The molecule has 25 heavy (non-hydrogen) atoms. The molecule has 3 unspecified atom stereocenters. The summed E-state index contributed by atoms with van der Waals surface area (Å²) >= 11 is 1.68. The van der Waals surface area contributed by atoms with Crippen molar-refractivity contribution in [1.82, 2.24) is 0 Å². The van der Waals surface area contributed by atoms with E-state index in [2.05, 4.69) is 31.1 Å². The molecular formula is C20H25NO3S. The third-order valence-electron chi connectivity index (χ3n) is 5.09. The molecule has 3 atom stereocenters. The normalized spacial score (nSPS) is 26.2. The first-order valence-corrected chi connectivity index (χ1v) is 9.99. The summed E-state index contributed by atoms with van der Waals surface area (Å²) in [5, 5.41) is 3.90. The lowest BCUT2D eigenvalue weighted by molar-refractivity contribution is -0.132. The quantitative estimate of drug-likeness (QED) is 0.464. The molecule has 5 heteroatoms. The predicted octanol–water partition coefficient (Wildman–Crippen LogP) is 3.96. The van der Waals surface area contributed by atoms with Gasteiger partial charge >= 0.3 is 0 Å². The fourth-order valence-electron chi connectivity index (χ4n) is 4.13. The highest BCUT2D eigenvalue weighted by molar-refractivity contribution is 8.00. The second kappa shape index (κ2) is 7.32. The van der Waals surface area contributed by atoms with Crippen molar-refractivity contribution in [2.24, 2.45) is 11.1 Å². The Bertz CT molecular complexity index is 741. The summed E-state index contributed by atoms with van der Waals surface area (Å²) in [4.78, 5) is 31.1. The summed E-state index contributed by atoms with van der Waals surface area (Å²) in [6.45, 7) is 8.38. The van der Waals surface area contributed by atoms with Crippen LogP contribution >= 0.6 is 11.8 Å². The minimum atomic E-state index is -0.724. The van der Waals surface area contributed by atoms with Crippen LogP contribution in [0.5, 0.6) is 0 Å². The highest BCUT2D eigenvalue weighted by atomic mass is 32.2. The lowest BCUT2D eigenvalue weighted by Gasteiger charge is -2.39. The maximum absolute atomic E-state index is 13.1. The molecule has 1 fully saturated rings. The molecule has 0 bridgehead atoms. The van der Waals surface area contributed by atoms with Gasteiger partial charge in [0.1, 0.15) is 18.3 Å². The zero-order chi connectivity index (χ0) is 18.1. The molecule has 0 radical (unpaired) electrons. The van der Waals surface area contributed by atoms with E-state index in [0.29, 0.717) is 25.2 Å². The third-order valence-corrected chi connectivity index (χ3v) is 6.48. The average molecular weight is 359 g/mol. The van der Waals surface area contributed by atoms with E-state index < -0.39 is 5.92 Å². The molecule has 1 aromatic rings. The number of rotatable bonds is 4. The van der Waals surface area contributed by atoms with Crippen LogP contribution in [0.1, 0.15) is 54.9 Å². The van der Waals surface area contributed by atoms with Gasteiger partial charge in [0.2, 0.25) is 0 Å². The number of benzene rings is 1. The summed E-state index contributed by atoms with van der Waals surface area (Å²) in [6.07, 6.45) is 0.967. The summed E-state index contributed by atoms with van der Waals surface area (Å²) in [5.41, 5.74) is 5.50. The average Bonchev–Trinajstić information content (AvgIpc) is 2.56. The summed E-state index contributed by atoms with van der Waals surface area (Å²) in [6, 6.07) is 4.35. The zero-order valence-electron chi connectivity index (χ0n) is 15.3. The molecule has 4 nitrogen and oxygen atoms in total. The Kier molecular flexibility index (Phi) is 5.32. The molecule has 1 aromatic carbocycles. The van der Waals surface area contributed by atoms with Crippen molar-refractivity contribution < 1.29 is 14.4 Å². The van der Waals surface area contributed by atoms with Crippen molar-refractivity contribution >= 4 is 29.0 Å². The van der Waals surface area contributed by atoms with Gasteiger partial charge in [-0.2, -0.15) is 0 Å². The SMILES string of the molecule is CCON=C(CC)C1C(=O)CC2c3c(C)cc(C)cc3CSC2C1=O. The van der Waals surface area contributed by atoms with Crippen LogP contribution in [0.4, 0.5) is 0 Å². The van der Waals surface area contributed by atoms with Crippen LogP contribution in [0.15, 0.2) is 17.3 Å². The van der Waals surface area contributed by atoms with Gasteiger partial charge < -0.3 is 4.84 Å². The monoisotopic (exact) mass is 359 g/mol. The van der Waals surface area contributed by atoms with Gasteiger partial charge in [-0.05, 0) is 43.9 Å². The maximum atomic E-state index is 13.1. The van der Waals surface area contributed by atoms with E-state index in [0.717, 1.165) is 5.75 Å². The van der Waals surface area contributed by atoms with Gasteiger partial charge in [-0.1, -0.05) is 29.8 Å². The Morgan fingerprint density at radius 3 is 2.72 bits per heavy atom. The predicted molar refractivity (Wildman–Crippen MR) is 101 cm³/mol. The molecule has 0 spiro atoms. The number of carbonyl (C=O) groups is 2. The number of nitrogens with zero attached hydrogens (tertiary/aromatic N) is 1. The smallest absolute Gasteiger partial charge is 0.162 e. The molecule has 1 saturated carbocycles. The van der Waals surface area contributed by atoms with Gasteiger partial charge in [-0.25, -0.2) is 0 Å². The van der Waals surface area contributed by atoms with Crippen molar-refractivity contribution in [3.05, 3.63) is 34.4 Å². The van der Waals surface area contributed by atoms with E-state index in [-0.39, 0.29) is 22.7 Å². The third kappa shape index (κ3) is 3.26. The van der Waals surface area contributed by atoms with Gasteiger partial charge in [0.15, 0.2) is 5.78 Å². The van der Waals surface area contributed by atoms with Crippen molar-refractivity contribution in [2.75, 3.05) is 6.61 Å².